The maximum atomic E-state index is 11.3. The van der Waals surface area contributed by atoms with Crippen LogP contribution in [0.1, 0.15) is 10.4 Å². The molecule has 0 heterocycles. The lowest BCUT2D eigenvalue weighted by molar-refractivity contribution is 0.0698. The summed E-state index contributed by atoms with van der Waals surface area (Å²) in [6, 6.07) is 6.27. The van der Waals surface area contributed by atoms with Crippen molar-refractivity contribution in [3.63, 3.8) is 0 Å². The van der Waals surface area contributed by atoms with Gasteiger partial charge in [-0.2, -0.15) is 0 Å². The van der Waals surface area contributed by atoms with Crippen molar-refractivity contribution in [1.29, 1.82) is 0 Å². The van der Waals surface area contributed by atoms with Gasteiger partial charge in [0.25, 0.3) is 0 Å². The van der Waals surface area contributed by atoms with E-state index >= 15 is 0 Å². The highest BCUT2D eigenvalue weighted by molar-refractivity contribution is 8.00. The number of benzene rings is 1. The molecule has 0 aliphatic carbocycles. The standard InChI is InChI=1S/C9H11NO3S/c1-14(2,13)10-8-6-4-3-5-7(8)9(11)12/h3-6H,1H2,2H3,(H,10,13)(H,11,12). The zero-order valence-electron chi connectivity index (χ0n) is 7.69. The van der Waals surface area contributed by atoms with Crippen LogP contribution in [0.25, 0.3) is 0 Å². The lowest BCUT2D eigenvalue weighted by atomic mass is 10.2. The lowest BCUT2D eigenvalue weighted by Gasteiger charge is -2.09. The highest BCUT2D eigenvalue weighted by Gasteiger charge is 2.09. The molecule has 0 aromatic heterocycles. The molecule has 4 nitrogen and oxygen atoms in total. The molecule has 0 saturated carbocycles. The van der Waals surface area contributed by atoms with Gasteiger partial charge < -0.3 is 9.83 Å². The van der Waals surface area contributed by atoms with E-state index in [9.17, 15) is 9.00 Å². The summed E-state index contributed by atoms with van der Waals surface area (Å²) in [6.45, 7) is 0. The Hall–Kier alpha value is -1.49. The van der Waals surface area contributed by atoms with Crippen LogP contribution in [-0.4, -0.2) is 27.4 Å². The molecule has 1 rings (SSSR count). The molecule has 0 aliphatic rings. The Morgan fingerprint density at radius 1 is 1.50 bits per heavy atom. The number of para-hydroxylation sites is 1. The number of nitrogens with one attached hydrogen (secondary N) is 1. The summed E-state index contributed by atoms with van der Waals surface area (Å²) in [5.41, 5.74) is 0.410. The Morgan fingerprint density at radius 3 is 2.57 bits per heavy atom. The van der Waals surface area contributed by atoms with E-state index in [0.29, 0.717) is 5.69 Å². The summed E-state index contributed by atoms with van der Waals surface area (Å²) in [6.07, 6.45) is 1.41. The van der Waals surface area contributed by atoms with E-state index in [1.807, 2.05) is 0 Å². The average molecular weight is 213 g/mol. The number of carboxylic acid groups (broad SMARTS) is 1. The van der Waals surface area contributed by atoms with Crippen LogP contribution in [0.2, 0.25) is 0 Å². The Bertz CT molecular complexity index is 451. The van der Waals surface area contributed by atoms with E-state index in [4.69, 9.17) is 5.11 Å². The van der Waals surface area contributed by atoms with E-state index in [2.05, 4.69) is 10.6 Å². The van der Waals surface area contributed by atoms with Crippen molar-refractivity contribution < 1.29 is 14.1 Å². The summed E-state index contributed by atoms with van der Waals surface area (Å²) in [7, 11) is -2.45. The van der Waals surface area contributed by atoms with Gasteiger partial charge in [0.15, 0.2) is 0 Å². The van der Waals surface area contributed by atoms with Gasteiger partial charge in [-0.1, -0.05) is 12.1 Å². The summed E-state index contributed by atoms with van der Waals surface area (Å²) in [5, 5.41) is 8.81. The zero-order chi connectivity index (χ0) is 10.8. The summed E-state index contributed by atoms with van der Waals surface area (Å²) in [4.78, 5) is 10.8. The summed E-state index contributed by atoms with van der Waals surface area (Å²) in [5.74, 6) is 2.33. The second-order valence-corrected chi connectivity index (χ2v) is 5.17. The van der Waals surface area contributed by atoms with Crippen molar-refractivity contribution >= 4 is 27.2 Å². The van der Waals surface area contributed by atoms with Crippen LogP contribution in [0.3, 0.4) is 0 Å². The topological polar surface area (TPSA) is 66.4 Å². The minimum Gasteiger partial charge on any atom is -0.478 e. The minimum atomic E-state index is -2.45. The first-order valence-electron chi connectivity index (χ1n) is 3.82. The second kappa shape index (κ2) is 3.71. The van der Waals surface area contributed by atoms with Gasteiger partial charge in [0, 0.05) is 16.0 Å². The molecule has 0 amide bonds. The molecule has 14 heavy (non-hydrogen) atoms. The normalized spacial score (nSPS) is 14.4. The number of carboxylic acids is 1. The van der Waals surface area contributed by atoms with E-state index in [1.165, 1.54) is 12.3 Å². The van der Waals surface area contributed by atoms with E-state index in [1.54, 1.807) is 18.2 Å². The number of aromatic carboxylic acids is 1. The van der Waals surface area contributed by atoms with Crippen molar-refractivity contribution in [3.8, 4) is 0 Å². The minimum absolute atomic E-state index is 0.0886. The molecule has 1 atom stereocenters. The number of carbonyl (C=O) groups is 1. The molecular formula is C9H11NO3S. The van der Waals surface area contributed by atoms with Crippen LogP contribution in [0, 0.1) is 0 Å². The van der Waals surface area contributed by atoms with Gasteiger partial charge in [0.2, 0.25) is 0 Å². The van der Waals surface area contributed by atoms with Crippen molar-refractivity contribution in [2.45, 2.75) is 0 Å². The Balaban J connectivity index is 3.15. The number of anilines is 1. The highest BCUT2D eigenvalue weighted by Crippen LogP contribution is 2.15. The highest BCUT2D eigenvalue weighted by atomic mass is 32.2. The summed E-state index contributed by atoms with van der Waals surface area (Å²) >= 11 is 0. The Morgan fingerprint density at radius 2 is 2.07 bits per heavy atom. The van der Waals surface area contributed by atoms with Crippen molar-refractivity contribution in [2.24, 2.45) is 0 Å². The van der Waals surface area contributed by atoms with Crippen molar-refractivity contribution in [3.05, 3.63) is 29.8 Å². The van der Waals surface area contributed by atoms with E-state index < -0.39 is 15.7 Å². The number of hydrogen-bond donors (Lipinski definition) is 2. The van der Waals surface area contributed by atoms with Crippen LogP contribution in [-0.2, 0) is 9.71 Å². The molecular weight excluding hydrogens is 202 g/mol. The van der Waals surface area contributed by atoms with E-state index in [-0.39, 0.29) is 5.56 Å². The quantitative estimate of drug-likeness (QED) is 0.738. The monoisotopic (exact) mass is 213 g/mol. The SMILES string of the molecule is C=S(C)(=O)Nc1ccccc1C(=O)O. The summed E-state index contributed by atoms with van der Waals surface area (Å²) < 4.78 is 13.9. The molecule has 1 aromatic carbocycles. The predicted octanol–water partition coefficient (Wildman–Crippen LogP) is 1.06. The molecule has 0 saturated heterocycles. The fourth-order valence-corrected chi connectivity index (χ4v) is 1.63. The second-order valence-electron chi connectivity index (χ2n) is 2.96. The van der Waals surface area contributed by atoms with Gasteiger partial charge in [-0.25, -0.2) is 9.00 Å². The fourth-order valence-electron chi connectivity index (χ4n) is 0.991. The molecule has 1 aromatic rings. The number of hydrogen-bond acceptors (Lipinski definition) is 2. The van der Waals surface area contributed by atoms with Gasteiger partial charge in [0.1, 0.15) is 0 Å². The molecule has 0 bridgehead atoms. The molecule has 5 heteroatoms. The van der Waals surface area contributed by atoms with E-state index in [0.717, 1.165) is 0 Å². The smallest absolute Gasteiger partial charge is 0.337 e. The zero-order valence-corrected chi connectivity index (χ0v) is 8.50. The molecule has 0 fully saturated rings. The third-order valence-electron chi connectivity index (χ3n) is 1.48. The fraction of sp³-hybridized carbons (Fsp3) is 0.111. The van der Waals surface area contributed by atoms with Gasteiger partial charge in [-0.3, -0.25) is 0 Å². The van der Waals surface area contributed by atoms with Crippen molar-refractivity contribution in [2.75, 3.05) is 11.0 Å². The largest absolute Gasteiger partial charge is 0.478 e. The first-order chi connectivity index (χ1) is 6.40. The number of rotatable bonds is 3. The predicted molar refractivity (Wildman–Crippen MR) is 58.2 cm³/mol. The average Bonchev–Trinajstić information content (AvgIpc) is 2.01. The molecule has 0 aliphatic heterocycles. The van der Waals surface area contributed by atoms with Gasteiger partial charge in [-0.05, 0) is 18.0 Å². The Labute approximate surface area is 82.7 Å². The third kappa shape index (κ3) is 2.77. The lowest BCUT2D eigenvalue weighted by Crippen LogP contribution is -2.12. The first-order valence-corrected chi connectivity index (χ1v) is 5.96. The third-order valence-corrected chi connectivity index (χ3v) is 2.14. The van der Waals surface area contributed by atoms with Gasteiger partial charge in [-0.15, -0.1) is 0 Å². The molecule has 76 valence electrons. The van der Waals surface area contributed by atoms with Crippen LogP contribution in [0.4, 0.5) is 5.69 Å². The first kappa shape index (κ1) is 10.6. The maximum Gasteiger partial charge on any atom is 0.337 e. The molecule has 1 unspecified atom stereocenters. The van der Waals surface area contributed by atoms with Crippen LogP contribution in [0.15, 0.2) is 24.3 Å². The molecule has 0 spiro atoms. The van der Waals surface area contributed by atoms with Crippen molar-refractivity contribution in [1.82, 2.24) is 0 Å². The van der Waals surface area contributed by atoms with Crippen LogP contribution < -0.4 is 4.72 Å². The Kier molecular flexibility index (Phi) is 2.81. The van der Waals surface area contributed by atoms with Crippen LogP contribution >= 0.6 is 0 Å². The molecule has 0 radical (unpaired) electrons. The van der Waals surface area contributed by atoms with Gasteiger partial charge in [0.05, 0.1) is 11.3 Å². The van der Waals surface area contributed by atoms with Gasteiger partial charge >= 0.3 is 5.97 Å². The maximum absolute atomic E-state index is 11.3. The molecule has 2 N–H and O–H groups in total. The van der Waals surface area contributed by atoms with Crippen LogP contribution in [0.5, 0.6) is 0 Å².